The average molecular weight is 324 g/mol. The first kappa shape index (κ1) is 18.3. The van der Waals surface area contributed by atoms with E-state index >= 15 is 0 Å². The van der Waals surface area contributed by atoms with Gasteiger partial charge in [0.1, 0.15) is 0 Å². The Morgan fingerprint density at radius 1 is 0.826 bits per heavy atom. The number of rotatable bonds is 7. The summed E-state index contributed by atoms with van der Waals surface area (Å²) in [5.74, 6) is -0.433. The molecule has 4 heteroatoms. The van der Waals surface area contributed by atoms with Crippen molar-refractivity contribution in [2.24, 2.45) is 17.8 Å². The van der Waals surface area contributed by atoms with E-state index in [4.69, 9.17) is 9.47 Å². The number of unbranched alkanes of at least 4 members (excludes halogenated alkanes) is 1. The Morgan fingerprint density at radius 3 is 2.00 bits per heavy atom. The zero-order valence-electron chi connectivity index (χ0n) is 14.6. The zero-order valence-corrected chi connectivity index (χ0v) is 14.6. The van der Waals surface area contributed by atoms with Crippen molar-refractivity contribution >= 4 is 11.9 Å². The van der Waals surface area contributed by atoms with Crippen LogP contribution in [0.5, 0.6) is 0 Å². The van der Waals surface area contributed by atoms with Crippen molar-refractivity contribution in [1.29, 1.82) is 0 Å². The van der Waals surface area contributed by atoms with Crippen molar-refractivity contribution in [1.82, 2.24) is 0 Å². The lowest BCUT2D eigenvalue weighted by Crippen LogP contribution is -2.35. The van der Waals surface area contributed by atoms with Crippen LogP contribution in [0.4, 0.5) is 0 Å². The fourth-order valence-electron chi connectivity index (χ4n) is 3.78. The Morgan fingerprint density at radius 2 is 1.39 bits per heavy atom. The largest absolute Gasteiger partial charge is 0.465 e. The molecule has 0 amide bonds. The van der Waals surface area contributed by atoms with Crippen LogP contribution < -0.4 is 0 Å². The molecule has 2 fully saturated rings. The summed E-state index contributed by atoms with van der Waals surface area (Å²) >= 11 is 0. The van der Waals surface area contributed by atoms with Gasteiger partial charge in [0.25, 0.3) is 0 Å². The van der Waals surface area contributed by atoms with E-state index in [-0.39, 0.29) is 23.8 Å². The molecule has 0 spiro atoms. The van der Waals surface area contributed by atoms with Crippen LogP contribution in [0.1, 0.15) is 77.6 Å². The highest BCUT2D eigenvalue weighted by Gasteiger charge is 2.38. The Labute approximate surface area is 140 Å². The van der Waals surface area contributed by atoms with Gasteiger partial charge in [0, 0.05) is 0 Å². The summed E-state index contributed by atoms with van der Waals surface area (Å²) in [6.07, 6.45) is 11.5. The SMILES string of the molecule is CCCCOC(=O)[C@H]1CCCC[C@@H]1C(=O)OCC1CCCCC1. The minimum Gasteiger partial charge on any atom is -0.465 e. The molecular weight excluding hydrogens is 292 g/mol. The number of hydrogen-bond acceptors (Lipinski definition) is 4. The average Bonchev–Trinajstić information content (AvgIpc) is 2.60. The summed E-state index contributed by atoms with van der Waals surface area (Å²) in [4.78, 5) is 24.7. The maximum absolute atomic E-state index is 12.5. The van der Waals surface area contributed by atoms with Crippen molar-refractivity contribution in [2.75, 3.05) is 13.2 Å². The van der Waals surface area contributed by atoms with Gasteiger partial charge in [0.15, 0.2) is 0 Å². The van der Waals surface area contributed by atoms with Gasteiger partial charge in [-0.05, 0) is 38.0 Å². The zero-order chi connectivity index (χ0) is 16.5. The standard InChI is InChI=1S/C19H32O4/c1-2-3-13-22-18(20)16-11-7-8-12-17(16)19(21)23-14-15-9-5-4-6-10-15/h15-17H,2-14H2,1H3/t16-,17-/m0/s1. The van der Waals surface area contributed by atoms with E-state index in [9.17, 15) is 9.59 Å². The Balaban J connectivity index is 1.81. The molecule has 2 atom stereocenters. The fourth-order valence-corrected chi connectivity index (χ4v) is 3.78. The van der Waals surface area contributed by atoms with Crippen molar-refractivity contribution in [2.45, 2.75) is 77.6 Å². The third-order valence-electron chi connectivity index (χ3n) is 5.30. The maximum Gasteiger partial charge on any atom is 0.309 e. The van der Waals surface area contributed by atoms with E-state index in [1.807, 2.05) is 0 Å². The van der Waals surface area contributed by atoms with Crippen LogP contribution >= 0.6 is 0 Å². The molecule has 0 saturated heterocycles. The van der Waals surface area contributed by atoms with E-state index in [1.165, 1.54) is 32.1 Å². The van der Waals surface area contributed by atoms with Gasteiger partial charge in [-0.25, -0.2) is 0 Å². The third kappa shape index (κ3) is 5.82. The van der Waals surface area contributed by atoms with Crippen molar-refractivity contribution in [3.05, 3.63) is 0 Å². The number of esters is 2. The highest BCUT2D eigenvalue weighted by Crippen LogP contribution is 2.32. The van der Waals surface area contributed by atoms with Gasteiger partial charge in [0.05, 0.1) is 25.0 Å². The summed E-state index contributed by atoms with van der Waals surface area (Å²) in [5.41, 5.74) is 0. The number of hydrogen-bond donors (Lipinski definition) is 0. The first-order chi connectivity index (χ1) is 11.2. The van der Waals surface area contributed by atoms with Gasteiger partial charge in [-0.1, -0.05) is 45.4 Å². The minimum atomic E-state index is -0.292. The molecule has 0 heterocycles. The summed E-state index contributed by atoms with van der Waals surface area (Å²) < 4.78 is 10.9. The van der Waals surface area contributed by atoms with E-state index in [0.717, 1.165) is 38.5 Å². The molecule has 0 aromatic carbocycles. The predicted molar refractivity (Wildman–Crippen MR) is 88.8 cm³/mol. The van der Waals surface area contributed by atoms with Gasteiger partial charge in [-0.15, -0.1) is 0 Å². The molecule has 132 valence electrons. The fraction of sp³-hybridized carbons (Fsp3) is 0.895. The summed E-state index contributed by atoms with van der Waals surface area (Å²) in [5, 5.41) is 0. The molecule has 0 radical (unpaired) electrons. The minimum absolute atomic E-state index is 0.173. The topological polar surface area (TPSA) is 52.6 Å². The van der Waals surface area contributed by atoms with Crippen LogP contribution in [-0.4, -0.2) is 25.2 Å². The predicted octanol–water partition coefficient (Wildman–Crippen LogP) is 4.26. The number of ether oxygens (including phenoxy) is 2. The molecule has 23 heavy (non-hydrogen) atoms. The second-order valence-electron chi connectivity index (χ2n) is 7.15. The van der Waals surface area contributed by atoms with Gasteiger partial charge >= 0.3 is 11.9 Å². The molecule has 2 aliphatic rings. The number of carbonyl (C=O) groups excluding carboxylic acids is 2. The lowest BCUT2D eigenvalue weighted by atomic mass is 9.79. The Bertz CT molecular complexity index is 374. The Kier molecular flexibility index (Phi) is 7.90. The van der Waals surface area contributed by atoms with Crippen LogP contribution in [0, 0.1) is 17.8 Å². The second-order valence-corrected chi connectivity index (χ2v) is 7.15. The van der Waals surface area contributed by atoms with Crippen LogP contribution in [0.15, 0.2) is 0 Å². The lowest BCUT2D eigenvalue weighted by molar-refractivity contribution is -0.163. The summed E-state index contributed by atoms with van der Waals surface area (Å²) in [6, 6.07) is 0. The van der Waals surface area contributed by atoms with Crippen molar-refractivity contribution < 1.29 is 19.1 Å². The van der Waals surface area contributed by atoms with Gasteiger partial charge in [-0.3, -0.25) is 9.59 Å². The highest BCUT2D eigenvalue weighted by molar-refractivity contribution is 5.82. The first-order valence-electron chi connectivity index (χ1n) is 9.55. The van der Waals surface area contributed by atoms with E-state index < -0.39 is 0 Å². The van der Waals surface area contributed by atoms with Crippen LogP contribution in [0.25, 0.3) is 0 Å². The van der Waals surface area contributed by atoms with E-state index in [1.54, 1.807) is 0 Å². The normalized spacial score (nSPS) is 25.8. The maximum atomic E-state index is 12.5. The molecule has 0 aromatic heterocycles. The lowest BCUT2D eigenvalue weighted by Gasteiger charge is -2.29. The molecular formula is C19H32O4. The summed E-state index contributed by atoms with van der Waals surface area (Å²) in [6.45, 7) is 3.07. The second kappa shape index (κ2) is 9.94. The smallest absolute Gasteiger partial charge is 0.309 e. The number of carbonyl (C=O) groups is 2. The quantitative estimate of drug-likeness (QED) is 0.518. The molecule has 2 rings (SSSR count). The molecule has 0 aromatic rings. The van der Waals surface area contributed by atoms with Crippen LogP contribution in [0.3, 0.4) is 0 Å². The van der Waals surface area contributed by atoms with Crippen LogP contribution in [0.2, 0.25) is 0 Å². The van der Waals surface area contributed by atoms with Crippen molar-refractivity contribution in [3.8, 4) is 0 Å². The first-order valence-corrected chi connectivity index (χ1v) is 9.55. The molecule has 4 nitrogen and oxygen atoms in total. The molecule has 2 saturated carbocycles. The molecule has 0 aliphatic heterocycles. The van der Waals surface area contributed by atoms with Crippen LogP contribution in [-0.2, 0) is 19.1 Å². The molecule has 0 unspecified atom stereocenters. The molecule has 2 aliphatic carbocycles. The highest BCUT2D eigenvalue weighted by atomic mass is 16.5. The molecule has 0 bridgehead atoms. The monoisotopic (exact) mass is 324 g/mol. The third-order valence-corrected chi connectivity index (χ3v) is 5.30. The van der Waals surface area contributed by atoms with Gasteiger partial charge in [-0.2, -0.15) is 0 Å². The van der Waals surface area contributed by atoms with E-state index in [2.05, 4.69) is 6.92 Å². The molecule has 0 N–H and O–H groups in total. The van der Waals surface area contributed by atoms with Gasteiger partial charge < -0.3 is 9.47 Å². The van der Waals surface area contributed by atoms with Crippen molar-refractivity contribution in [3.63, 3.8) is 0 Å². The Hall–Kier alpha value is -1.06. The van der Waals surface area contributed by atoms with E-state index in [0.29, 0.717) is 19.1 Å². The van der Waals surface area contributed by atoms with Gasteiger partial charge in [0.2, 0.25) is 0 Å². The summed E-state index contributed by atoms with van der Waals surface area (Å²) in [7, 11) is 0.